The summed E-state index contributed by atoms with van der Waals surface area (Å²) in [4.78, 5) is 6.31. The van der Waals surface area contributed by atoms with Gasteiger partial charge in [-0.2, -0.15) is 0 Å². The van der Waals surface area contributed by atoms with Crippen LogP contribution in [0.3, 0.4) is 0 Å². The zero-order valence-electron chi connectivity index (χ0n) is 12.8. The first-order chi connectivity index (χ1) is 9.78. The summed E-state index contributed by atoms with van der Waals surface area (Å²) in [6.07, 6.45) is 6.39. The van der Waals surface area contributed by atoms with Crippen molar-refractivity contribution in [2.45, 2.75) is 52.0 Å². The average molecular weight is 270 g/mol. The third-order valence-electron chi connectivity index (χ3n) is 4.71. The normalized spacial score (nSPS) is 18.5. The lowest BCUT2D eigenvalue weighted by Gasteiger charge is -2.32. The summed E-state index contributed by atoms with van der Waals surface area (Å²) < 4.78 is 0. The Balaban J connectivity index is 1.77. The number of nitrogens with zero attached hydrogens (tertiary/aromatic N) is 1. The third-order valence-corrected chi connectivity index (χ3v) is 4.71. The molecule has 2 heterocycles. The Morgan fingerprint density at radius 3 is 2.75 bits per heavy atom. The van der Waals surface area contributed by atoms with Crippen LogP contribution < -0.4 is 0 Å². The fraction of sp³-hybridized carbons (Fsp3) is 0.556. The monoisotopic (exact) mass is 270 g/mol. The lowest BCUT2D eigenvalue weighted by molar-refractivity contribution is 0.172. The smallest absolute Gasteiger partial charge is 0.0488 e. The number of hydrogen-bond donors (Lipinski definition) is 1. The number of likely N-dealkylation sites (tertiary alicyclic amines) is 1. The van der Waals surface area contributed by atoms with E-state index in [0.717, 1.165) is 12.8 Å². The van der Waals surface area contributed by atoms with Gasteiger partial charge in [-0.25, -0.2) is 0 Å². The van der Waals surface area contributed by atoms with Gasteiger partial charge >= 0.3 is 0 Å². The van der Waals surface area contributed by atoms with Gasteiger partial charge in [-0.05, 0) is 56.3 Å². The number of nitrogens with one attached hydrogen (secondary N) is 1. The molecule has 1 N–H and O–H groups in total. The van der Waals surface area contributed by atoms with Crippen molar-refractivity contribution in [1.82, 2.24) is 9.88 Å². The lowest BCUT2D eigenvalue weighted by atomic mass is 10.1. The molecule has 1 atom stereocenters. The van der Waals surface area contributed by atoms with Crippen LogP contribution in [0.2, 0.25) is 0 Å². The van der Waals surface area contributed by atoms with Crippen molar-refractivity contribution in [3.8, 4) is 0 Å². The number of benzene rings is 1. The van der Waals surface area contributed by atoms with E-state index in [4.69, 9.17) is 0 Å². The van der Waals surface area contributed by atoms with Crippen LogP contribution in [0, 0.1) is 0 Å². The number of para-hydroxylation sites is 1. The van der Waals surface area contributed by atoms with E-state index in [1.165, 1.54) is 54.5 Å². The number of aromatic amines is 1. The second-order valence-electron chi connectivity index (χ2n) is 6.18. The summed E-state index contributed by atoms with van der Waals surface area (Å²) in [6.45, 7) is 7.16. The zero-order chi connectivity index (χ0) is 13.9. The molecule has 1 saturated heterocycles. The maximum absolute atomic E-state index is 3.66. The van der Waals surface area contributed by atoms with Crippen LogP contribution >= 0.6 is 0 Å². The van der Waals surface area contributed by atoms with Crippen molar-refractivity contribution < 1.29 is 0 Å². The van der Waals surface area contributed by atoms with Crippen LogP contribution in [-0.4, -0.2) is 29.0 Å². The fourth-order valence-corrected chi connectivity index (χ4v) is 3.49. The minimum absolute atomic E-state index is 0.647. The van der Waals surface area contributed by atoms with Crippen LogP contribution in [0.4, 0.5) is 0 Å². The second kappa shape index (κ2) is 6.01. The van der Waals surface area contributed by atoms with Gasteiger partial charge in [-0.1, -0.05) is 31.5 Å². The number of rotatable bonds is 4. The van der Waals surface area contributed by atoms with Crippen LogP contribution in [-0.2, 0) is 12.8 Å². The zero-order valence-corrected chi connectivity index (χ0v) is 12.8. The first-order valence-electron chi connectivity index (χ1n) is 8.11. The molecule has 1 aromatic heterocycles. The molecule has 1 fully saturated rings. The van der Waals surface area contributed by atoms with Gasteiger partial charge in [0.2, 0.25) is 0 Å². The first kappa shape index (κ1) is 13.7. The van der Waals surface area contributed by atoms with Gasteiger partial charge < -0.3 is 9.88 Å². The van der Waals surface area contributed by atoms with Crippen LogP contribution in [0.5, 0.6) is 0 Å². The summed E-state index contributed by atoms with van der Waals surface area (Å²) in [6, 6.07) is 9.62. The third kappa shape index (κ3) is 2.76. The van der Waals surface area contributed by atoms with Gasteiger partial charge in [-0.15, -0.1) is 0 Å². The molecule has 0 spiro atoms. The van der Waals surface area contributed by atoms with E-state index in [0.29, 0.717) is 6.04 Å². The SMILES string of the molecule is CCc1cccc2cc(CC(C)N3CCCCC3)[nH]c12. The summed E-state index contributed by atoms with van der Waals surface area (Å²) in [7, 11) is 0. The van der Waals surface area contributed by atoms with Crippen molar-refractivity contribution in [3.05, 3.63) is 35.5 Å². The molecule has 0 saturated carbocycles. The molecule has 1 aliphatic heterocycles. The fourth-order valence-electron chi connectivity index (χ4n) is 3.49. The molecule has 3 rings (SSSR count). The Morgan fingerprint density at radius 2 is 2.00 bits per heavy atom. The molecule has 20 heavy (non-hydrogen) atoms. The molecule has 0 bridgehead atoms. The van der Waals surface area contributed by atoms with Gasteiger partial charge in [0.05, 0.1) is 0 Å². The second-order valence-corrected chi connectivity index (χ2v) is 6.18. The molecule has 1 aliphatic rings. The van der Waals surface area contributed by atoms with Crippen LogP contribution in [0.1, 0.15) is 44.4 Å². The Hall–Kier alpha value is -1.28. The van der Waals surface area contributed by atoms with Gasteiger partial charge in [0.25, 0.3) is 0 Å². The van der Waals surface area contributed by atoms with Crippen molar-refractivity contribution in [2.75, 3.05) is 13.1 Å². The highest BCUT2D eigenvalue weighted by atomic mass is 15.2. The van der Waals surface area contributed by atoms with Gasteiger partial charge in [0, 0.05) is 23.7 Å². The van der Waals surface area contributed by atoms with E-state index in [1.807, 2.05) is 0 Å². The predicted octanol–water partition coefficient (Wildman–Crippen LogP) is 4.15. The van der Waals surface area contributed by atoms with Gasteiger partial charge in [0.15, 0.2) is 0 Å². The minimum atomic E-state index is 0.647. The maximum Gasteiger partial charge on any atom is 0.0488 e. The van der Waals surface area contributed by atoms with Gasteiger partial charge in [-0.3, -0.25) is 0 Å². The van der Waals surface area contributed by atoms with E-state index in [2.05, 4.69) is 48.0 Å². The summed E-state index contributed by atoms with van der Waals surface area (Å²) >= 11 is 0. The molecule has 2 nitrogen and oxygen atoms in total. The molecule has 108 valence electrons. The molecule has 2 aromatic rings. The highest BCUT2D eigenvalue weighted by Gasteiger charge is 2.17. The minimum Gasteiger partial charge on any atom is -0.358 e. The maximum atomic E-state index is 3.66. The van der Waals surface area contributed by atoms with Crippen molar-refractivity contribution in [3.63, 3.8) is 0 Å². The predicted molar refractivity (Wildman–Crippen MR) is 86.3 cm³/mol. The van der Waals surface area contributed by atoms with Crippen LogP contribution in [0.15, 0.2) is 24.3 Å². The van der Waals surface area contributed by atoms with Crippen molar-refractivity contribution >= 4 is 10.9 Å². The Labute approximate surface area is 122 Å². The molecule has 1 aromatic carbocycles. The molecule has 0 radical (unpaired) electrons. The Morgan fingerprint density at radius 1 is 1.20 bits per heavy atom. The number of aromatic nitrogens is 1. The highest BCUT2D eigenvalue weighted by Crippen LogP contribution is 2.22. The standard InChI is InChI=1S/C18H26N2/c1-3-15-8-7-9-16-13-17(19-18(15)16)12-14(2)20-10-5-4-6-11-20/h7-9,13-14,19H,3-6,10-12H2,1-2H3. The summed E-state index contributed by atoms with van der Waals surface area (Å²) in [5.74, 6) is 0. The number of fused-ring (bicyclic) bond motifs is 1. The Bertz CT molecular complexity index is 564. The summed E-state index contributed by atoms with van der Waals surface area (Å²) in [5.41, 5.74) is 4.16. The van der Waals surface area contributed by atoms with Crippen molar-refractivity contribution in [1.29, 1.82) is 0 Å². The van der Waals surface area contributed by atoms with E-state index < -0.39 is 0 Å². The molecule has 1 unspecified atom stereocenters. The lowest BCUT2D eigenvalue weighted by Crippen LogP contribution is -2.38. The average Bonchev–Trinajstić information content (AvgIpc) is 2.90. The Kier molecular flexibility index (Phi) is 4.11. The number of piperidine rings is 1. The molecule has 2 heteroatoms. The topological polar surface area (TPSA) is 19.0 Å². The first-order valence-corrected chi connectivity index (χ1v) is 8.11. The van der Waals surface area contributed by atoms with Crippen molar-refractivity contribution in [2.24, 2.45) is 0 Å². The van der Waals surface area contributed by atoms with E-state index >= 15 is 0 Å². The highest BCUT2D eigenvalue weighted by molar-refractivity contribution is 5.83. The largest absolute Gasteiger partial charge is 0.358 e. The number of aryl methyl sites for hydroxylation is 1. The molecular formula is C18H26N2. The quantitative estimate of drug-likeness (QED) is 0.884. The van der Waals surface area contributed by atoms with Crippen LogP contribution in [0.25, 0.3) is 10.9 Å². The summed E-state index contributed by atoms with van der Waals surface area (Å²) in [5, 5.41) is 1.37. The molecule has 0 amide bonds. The van der Waals surface area contributed by atoms with E-state index in [-0.39, 0.29) is 0 Å². The molecular weight excluding hydrogens is 244 g/mol. The van der Waals surface area contributed by atoms with E-state index in [1.54, 1.807) is 0 Å². The van der Waals surface area contributed by atoms with Gasteiger partial charge in [0.1, 0.15) is 0 Å². The number of hydrogen-bond acceptors (Lipinski definition) is 1. The number of H-pyrrole nitrogens is 1. The van der Waals surface area contributed by atoms with E-state index in [9.17, 15) is 0 Å². The molecule has 0 aliphatic carbocycles.